The van der Waals surface area contributed by atoms with Gasteiger partial charge in [0.15, 0.2) is 0 Å². The van der Waals surface area contributed by atoms with E-state index < -0.39 is 0 Å². The fourth-order valence-electron chi connectivity index (χ4n) is 2.94. The molecule has 2 rings (SSSR count). The van der Waals surface area contributed by atoms with Gasteiger partial charge >= 0.3 is 0 Å². The molecule has 2 aromatic carbocycles. The van der Waals surface area contributed by atoms with Gasteiger partial charge in [-0.15, -0.1) is 0 Å². The molecule has 0 aliphatic rings. The SMILES string of the molecule is CCOCCCNC(=O)c1cc(NC(=O)c2cc(OC)cc(OC)c2)ccc1N(C)C. The minimum absolute atomic E-state index is 0.209. The predicted octanol–water partition coefficient (Wildman–Crippen LogP) is 3.18. The second-order valence-corrected chi connectivity index (χ2v) is 6.99. The lowest BCUT2D eigenvalue weighted by atomic mass is 10.1. The van der Waals surface area contributed by atoms with Gasteiger partial charge < -0.3 is 29.7 Å². The van der Waals surface area contributed by atoms with Crippen molar-refractivity contribution >= 4 is 23.2 Å². The second kappa shape index (κ2) is 11.8. The van der Waals surface area contributed by atoms with E-state index in [1.807, 2.05) is 25.9 Å². The molecule has 0 aromatic heterocycles. The molecule has 0 atom stereocenters. The number of carbonyl (C=O) groups excluding carboxylic acids is 2. The van der Waals surface area contributed by atoms with E-state index in [-0.39, 0.29) is 11.8 Å². The predicted molar refractivity (Wildman–Crippen MR) is 122 cm³/mol. The molecule has 0 aliphatic heterocycles. The maximum Gasteiger partial charge on any atom is 0.255 e. The lowest BCUT2D eigenvalue weighted by molar-refractivity contribution is 0.0943. The lowest BCUT2D eigenvalue weighted by Gasteiger charge is -2.18. The summed E-state index contributed by atoms with van der Waals surface area (Å²) in [4.78, 5) is 27.4. The number of nitrogens with zero attached hydrogens (tertiary/aromatic N) is 1. The number of hydrogen-bond donors (Lipinski definition) is 2. The Labute approximate surface area is 183 Å². The quantitative estimate of drug-likeness (QED) is 0.534. The molecule has 8 nitrogen and oxygen atoms in total. The number of methoxy groups -OCH3 is 2. The fourth-order valence-corrected chi connectivity index (χ4v) is 2.94. The highest BCUT2D eigenvalue weighted by Gasteiger charge is 2.16. The molecular weight excluding hydrogens is 398 g/mol. The first-order valence-corrected chi connectivity index (χ1v) is 10.1. The number of rotatable bonds is 11. The summed E-state index contributed by atoms with van der Waals surface area (Å²) in [5.74, 6) is 0.483. The van der Waals surface area contributed by atoms with E-state index in [2.05, 4.69) is 10.6 Å². The molecule has 0 unspecified atom stereocenters. The Morgan fingerprint density at radius 2 is 1.65 bits per heavy atom. The van der Waals surface area contributed by atoms with Gasteiger partial charge in [0.1, 0.15) is 11.5 Å². The van der Waals surface area contributed by atoms with E-state index in [4.69, 9.17) is 14.2 Å². The third-order valence-corrected chi connectivity index (χ3v) is 4.55. The van der Waals surface area contributed by atoms with E-state index in [9.17, 15) is 9.59 Å². The third-order valence-electron chi connectivity index (χ3n) is 4.55. The summed E-state index contributed by atoms with van der Waals surface area (Å²) in [6.45, 7) is 3.69. The van der Waals surface area contributed by atoms with Crippen molar-refractivity contribution in [2.24, 2.45) is 0 Å². The molecule has 31 heavy (non-hydrogen) atoms. The molecular formula is C23H31N3O5. The Kier molecular flexibility index (Phi) is 9.14. The molecule has 0 radical (unpaired) electrons. The van der Waals surface area contributed by atoms with Crippen molar-refractivity contribution in [3.63, 3.8) is 0 Å². The van der Waals surface area contributed by atoms with Crippen molar-refractivity contribution in [3.8, 4) is 11.5 Å². The molecule has 0 fully saturated rings. The number of hydrogen-bond acceptors (Lipinski definition) is 6. The van der Waals surface area contributed by atoms with E-state index in [1.165, 1.54) is 14.2 Å². The summed E-state index contributed by atoms with van der Waals surface area (Å²) in [6.07, 6.45) is 0.727. The van der Waals surface area contributed by atoms with Gasteiger partial charge in [-0.25, -0.2) is 0 Å². The average Bonchev–Trinajstić information content (AvgIpc) is 2.78. The minimum atomic E-state index is -0.335. The molecule has 2 aromatic rings. The van der Waals surface area contributed by atoms with Crippen LogP contribution in [0.2, 0.25) is 0 Å². The topological polar surface area (TPSA) is 89.1 Å². The molecule has 0 heterocycles. The summed E-state index contributed by atoms with van der Waals surface area (Å²) in [5, 5.41) is 5.74. The van der Waals surface area contributed by atoms with Crippen molar-refractivity contribution in [1.29, 1.82) is 0 Å². The van der Waals surface area contributed by atoms with Crippen LogP contribution < -0.4 is 25.0 Å². The fraction of sp³-hybridized carbons (Fsp3) is 0.391. The van der Waals surface area contributed by atoms with Gasteiger partial charge in [0.05, 0.1) is 19.8 Å². The molecule has 0 saturated heterocycles. The van der Waals surface area contributed by atoms with Crippen molar-refractivity contribution in [2.75, 3.05) is 58.3 Å². The van der Waals surface area contributed by atoms with Crippen LogP contribution in [-0.4, -0.2) is 59.9 Å². The third kappa shape index (κ3) is 6.89. The number of amides is 2. The molecule has 0 aliphatic carbocycles. The summed E-state index contributed by atoms with van der Waals surface area (Å²) in [7, 11) is 6.77. The van der Waals surface area contributed by atoms with Gasteiger partial charge in [0.25, 0.3) is 11.8 Å². The van der Waals surface area contributed by atoms with Gasteiger partial charge in [-0.1, -0.05) is 0 Å². The van der Waals surface area contributed by atoms with Crippen LogP contribution in [0.15, 0.2) is 36.4 Å². The van der Waals surface area contributed by atoms with E-state index in [1.54, 1.807) is 36.4 Å². The lowest BCUT2D eigenvalue weighted by Crippen LogP contribution is -2.27. The Morgan fingerprint density at radius 1 is 0.968 bits per heavy atom. The van der Waals surface area contributed by atoms with Gasteiger partial charge in [0, 0.05) is 56.9 Å². The van der Waals surface area contributed by atoms with Crippen molar-refractivity contribution < 1.29 is 23.8 Å². The normalized spacial score (nSPS) is 10.4. The van der Waals surface area contributed by atoms with Crippen LogP contribution in [0.3, 0.4) is 0 Å². The van der Waals surface area contributed by atoms with Crippen molar-refractivity contribution in [2.45, 2.75) is 13.3 Å². The Balaban J connectivity index is 2.19. The number of nitrogens with one attached hydrogen (secondary N) is 2. The van der Waals surface area contributed by atoms with Crippen LogP contribution in [0.1, 0.15) is 34.1 Å². The minimum Gasteiger partial charge on any atom is -0.497 e. The highest BCUT2D eigenvalue weighted by molar-refractivity contribution is 6.06. The van der Waals surface area contributed by atoms with Crippen LogP contribution in [0.25, 0.3) is 0 Å². The van der Waals surface area contributed by atoms with Gasteiger partial charge in [0.2, 0.25) is 0 Å². The van der Waals surface area contributed by atoms with Crippen molar-refractivity contribution in [3.05, 3.63) is 47.5 Å². The molecule has 168 valence electrons. The van der Waals surface area contributed by atoms with Gasteiger partial charge in [-0.2, -0.15) is 0 Å². The molecule has 2 amide bonds. The molecule has 8 heteroatoms. The highest BCUT2D eigenvalue weighted by Crippen LogP contribution is 2.26. The maximum absolute atomic E-state index is 12.8. The standard InChI is InChI=1S/C23H31N3O5/c1-6-31-11-7-10-24-23(28)20-14-17(8-9-21(20)26(2)3)25-22(27)16-12-18(29-4)15-19(13-16)30-5/h8-9,12-15H,6-7,10-11H2,1-5H3,(H,24,28)(H,25,27). The van der Waals surface area contributed by atoms with E-state index in [0.717, 1.165) is 12.1 Å². The van der Waals surface area contributed by atoms with Gasteiger partial charge in [-0.3, -0.25) is 9.59 Å². The van der Waals surface area contributed by atoms with Crippen LogP contribution in [0, 0.1) is 0 Å². The Morgan fingerprint density at radius 3 is 2.23 bits per heavy atom. The van der Waals surface area contributed by atoms with Crippen LogP contribution >= 0.6 is 0 Å². The summed E-state index contributed by atoms with van der Waals surface area (Å²) < 4.78 is 15.7. The largest absolute Gasteiger partial charge is 0.497 e. The second-order valence-electron chi connectivity index (χ2n) is 6.99. The zero-order valence-corrected chi connectivity index (χ0v) is 18.8. The highest BCUT2D eigenvalue weighted by atomic mass is 16.5. The van der Waals surface area contributed by atoms with Crippen LogP contribution in [-0.2, 0) is 4.74 Å². The summed E-state index contributed by atoms with van der Waals surface area (Å²) in [6, 6.07) is 10.2. The number of carbonyl (C=O) groups is 2. The molecule has 0 spiro atoms. The first-order chi connectivity index (χ1) is 14.9. The van der Waals surface area contributed by atoms with Gasteiger partial charge in [-0.05, 0) is 43.7 Å². The Hall–Kier alpha value is -3.26. The number of ether oxygens (including phenoxy) is 3. The van der Waals surface area contributed by atoms with Crippen LogP contribution in [0.5, 0.6) is 11.5 Å². The van der Waals surface area contributed by atoms with Crippen LogP contribution in [0.4, 0.5) is 11.4 Å². The monoisotopic (exact) mass is 429 g/mol. The Bertz CT molecular complexity index is 877. The van der Waals surface area contributed by atoms with E-state index in [0.29, 0.717) is 48.1 Å². The number of anilines is 2. The van der Waals surface area contributed by atoms with Crippen molar-refractivity contribution in [1.82, 2.24) is 5.32 Å². The smallest absolute Gasteiger partial charge is 0.255 e. The zero-order valence-electron chi connectivity index (χ0n) is 18.8. The number of benzene rings is 2. The zero-order chi connectivity index (χ0) is 22.8. The summed E-state index contributed by atoms with van der Waals surface area (Å²) in [5.41, 5.74) is 2.12. The molecule has 0 saturated carbocycles. The maximum atomic E-state index is 12.8. The average molecular weight is 430 g/mol. The molecule has 0 bridgehead atoms. The first kappa shape index (κ1) is 24.0. The summed E-state index contributed by atoms with van der Waals surface area (Å²) >= 11 is 0. The molecule has 2 N–H and O–H groups in total. The van der Waals surface area contributed by atoms with E-state index >= 15 is 0 Å². The first-order valence-electron chi connectivity index (χ1n) is 10.1.